The first kappa shape index (κ1) is 24.5. The van der Waals surface area contributed by atoms with E-state index in [9.17, 15) is 20.2 Å². The molecule has 0 aliphatic rings. The van der Waals surface area contributed by atoms with Crippen molar-refractivity contribution < 1.29 is 19.2 Å². The number of aryl methyl sites for hydroxylation is 1. The second-order valence-corrected chi connectivity index (χ2v) is 8.04. The van der Waals surface area contributed by atoms with Gasteiger partial charge in [-0.05, 0) is 57.8 Å². The Bertz CT molecular complexity index is 1300. The minimum atomic E-state index is -0.689. The number of anilines is 1. The van der Waals surface area contributed by atoms with Gasteiger partial charge in [0.15, 0.2) is 11.5 Å². The summed E-state index contributed by atoms with van der Waals surface area (Å²) in [6.07, 6.45) is 1.40. The van der Waals surface area contributed by atoms with Crippen molar-refractivity contribution in [3.8, 4) is 17.6 Å². The van der Waals surface area contributed by atoms with Gasteiger partial charge in [0.05, 0.1) is 22.2 Å². The maximum absolute atomic E-state index is 12.7. The van der Waals surface area contributed by atoms with Crippen LogP contribution >= 0.6 is 15.9 Å². The Labute approximate surface area is 204 Å². The van der Waals surface area contributed by atoms with E-state index < -0.39 is 10.8 Å². The number of carbonyl (C=O) groups is 1. The summed E-state index contributed by atoms with van der Waals surface area (Å²) in [5.41, 5.74) is 2.05. The van der Waals surface area contributed by atoms with Crippen molar-refractivity contribution in [3.05, 3.63) is 97.5 Å². The van der Waals surface area contributed by atoms with Gasteiger partial charge in [-0.25, -0.2) is 0 Å². The molecule has 0 saturated carbocycles. The number of halogens is 1. The smallest absolute Gasteiger partial charge is 0.271 e. The number of carbonyl (C=O) groups excluding carboxylic acids is 1. The highest BCUT2D eigenvalue weighted by Crippen LogP contribution is 2.38. The molecule has 8 nitrogen and oxygen atoms in total. The molecule has 3 aromatic rings. The molecule has 3 rings (SSSR count). The summed E-state index contributed by atoms with van der Waals surface area (Å²) < 4.78 is 11.9. The molecule has 0 saturated heterocycles. The molecular formula is C25H20BrN3O5. The highest BCUT2D eigenvalue weighted by atomic mass is 79.9. The number of ether oxygens (including phenoxy) is 2. The summed E-state index contributed by atoms with van der Waals surface area (Å²) in [5, 5.41) is 23.2. The highest BCUT2D eigenvalue weighted by molar-refractivity contribution is 9.10. The van der Waals surface area contributed by atoms with Gasteiger partial charge in [-0.1, -0.05) is 36.4 Å². The van der Waals surface area contributed by atoms with Gasteiger partial charge < -0.3 is 14.8 Å². The van der Waals surface area contributed by atoms with Crippen molar-refractivity contribution in [1.29, 1.82) is 5.26 Å². The lowest BCUT2D eigenvalue weighted by Gasteiger charge is -2.14. The van der Waals surface area contributed by atoms with Gasteiger partial charge in [0.1, 0.15) is 18.2 Å². The SMILES string of the molecule is COc1cc(/C=C(\C#N)C(=O)Nc2cc([N+](=O)[O-])ccc2C)cc(Br)c1OCc1ccccc1. The van der Waals surface area contributed by atoms with Crippen LogP contribution in [0, 0.1) is 28.4 Å². The fraction of sp³-hybridized carbons (Fsp3) is 0.120. The van der Waals surface area contributed by atoms with Gasteiger partial charge in [-0.3, -0.25) is 14.9 Å². The third-order valence-corrected chi connectivity index (χ3v) is 5.42. The maximum Gasteiger partial charge on any atom is 0.271 e. The van der Waals surface area contributed by atoms with E-state index in [1.54, 1.807) is 19.1 Å². The van der Waals surface area contributed by atoms with E-state index in [1.165, 1.54) is 31.4 Å². The van der Waals surface area contributed by atoms with E-state index in [1.807, 2.05) is 36.4 Å². The number of nitro benzene ring substituents is 1. The predicted molar refractivity (Wildman–Crippen MR) is 132 cm³/mol. The second kappa shape index (κ2) is 11.1. The van der Waals surface area contributed by atoms with Gasteiger partial charge in [-0.15, -0.1) is 0 Å². The van der Waals surface area contributed by atoms with Crippen molar-refractivity contribution in [3.63, 3.8) is 0 Å². The van der Waals surface area contributed by atoms with Crippen molar-refractivity contribution in [2.75, 3.05) is 12.4 Å². The third-order valence-electron chi connectivity index (χ3n) is 4.83. The highest BCUT2D eigenvalue weighted by Gasteiger charge is 2.16. The number of benzene rings is 3. The molecule has 0 spiro atoms. The van der Waals surface area contributed by atoms with Gasteiger partial charge in [-0.2, -0.15) is 5.26 Å². The van der Waals surface area contributed by atoms with Crippen LogP contribution < -0.4 is 14.8 Å². The number of hydrogen-bond donors (Lipinski definition) is 1. The zero-order chi connectivity index (χ0) is 24.7. The van der Waals surface area contributed by atoms with E-state index in [0.717, 1.165) is 5.56 Å². The van der Waals surface area contributed by atoms with Gasteiger partial charge in [0.25, 0.3) is 11.6 Å². The molecule has 0 aliphatic carbocycles. The van der Waals surface area contributed by atoms with Gasteiger partial charge >= 0.3 is 0 Å². The molecule has 0 unspecified atom stereocenters. The van der Waals surface area contributed by atoms with Crippen molar-refractivity contribution >= 4 is 39.3 Å². The Balaban J connectivity index is 1.84. The van der Waals surface area contributed by atoms with Crippen LogP contribution in [0.4, 0.5) is 11.4 Å². The van der Waals surface area contributed by atoms with Gasteiger partial charge in [0.2, 0.25) is 0 Å². The Morgan fingerprint density at radius 2 is 1.94 bits per heavy atom. The maximum atomic E-state index is 12.7. The molecule has 34 heavy (non-hydrogen) atoms. The first-order valence-electron chi connectivity index (χ1n) is 10.0. The first-order valence-corrected chi connectivity index (χ1v) is 10.8. The molecule has 0 heterocycles. The Morgan fingerprint density at radius 3 is 2.59 bits per heavy atom. The van der Waals surface area contributed by atoms with Crippen LogP contribution in [0.3, 0.4) is 0 Å². The number of hydrogen-bond acceptors (Lipinski definition) is 6. The topological polar surface area (TPSA) is 114 Å². The van der Waals surface area contributed by atoms with Crippen LogP contribution in [0.1, 0.15) is 16.7 Å². The summed E-state index contributed by atoms with van der Waals surface area (Å²) in [4.78, 5) is 23.2. The van der Waals surface area contributed by atoms with Crippen LogP contribution in [-0.2, 0) is 11.4 Å². The van der Waals surface area contributed by atoms with Gasteiger partial charge in [0, 0.05) is 12.1 Å². The average Bonchev–Trinajstić information content (AvgIpc) is 2.83. The first-order chi connectivity index (χ1) is 16.3. The number of methoxy groups -OCH3 is 1. The molecule has 3 aromatic carbocycles. The molecule has 1 N–H and O–H groups in total. The predicted octanol–water partition coefficient (Wildman–Crippen LogP) is 5.80. The summed E-state index contributed by atoms with van der Waals surface area (Å²) in [6, 6.07) is 19.0. The van der Waals surface area contributed by atoms with E-state index in [2.05, 4.69) is 21.2 Å². The summed E-state index contributed by atoms with van der Waals surface area (Å²) in [6.45, 7) is 2.03. The Hall–Kier alpha value is -4.16. The summed E-state index contributed by atoms with van der Waals surface area (Å²) >= 11 is 3.46. The Morgan fingerprint density at radius 1 is 1.21 bits per heavy atom. The number of nitriles is 1. The zero-order valence-corrected chi connectivity index (χ0v) is 20.0. The van der Waals surface area contributed by atoms with Crippen LogP contribution in [0.15, 0.2) is 70.7 Å². The largest absolute Gasteiger partial charge is 0.493 e. The van der Waals surface area contributed by atoms with Crippen LogP contribution in [0.2, 0.25) is 0 Å². The number of nitrogens with one attached hydrogen (secondary N) is 1. The molecule has 1 amide bonds. The molecule has 0 aliphatic heterocycles. The average molecular weight is 522 g/mol. The number of amides is 1. The van der Waals surface area contributed by atoms with Crippen LogP contribution in [0.25, 0.3) is 6.08 Å². The Kier molecular flexibility index (Phi) is 8.01. The lowest BCUT2D eigenvalue weighted by molar-refractivity contribution is -0.384. The summed E-state index contributed by atoms with van der Waals surface area (Å²) in [7, 11) is 1.49. The molecule has 0 fully saturated rings. The van der Waals surface area contributed by atoms with Crippen molar-refractivity contribution in [1.82, 2.24) is 0 Å². The van der Waals surface area contributed by atoms with E-state index in [0.29, 0.717) is 33.7 Å². The molecule has 0 radical (unpaired) electrons. The van der Waals surface area contributed by atoms with E-state index in [4.69, 9.17) is 9.47 Å². The van der Waals surface area contributed by atoms with E-state index >= 15 is 0 Å². The molecular weight excluding hydrogens is 502 g/mol. The summed E-state index contributed by atoms with van der Waals surface area (Å²) in [5.74, 6) is 0.216. The number of rotatable bonds is 8. The third kappa shape index (κ3) is 5.99. The number of non-ortho nitro benzene ring substituents is 1. The molecule has 0 bridgehead atoms. The second-order valence-electron chi connectivity index (χ2n) is 7.19. The number of nitrogens with zero attached hydrogens (tertiary/aromatic N) is 2. The monoisotopic (exact) mass is 521 g/mol. The fourth-order valence-corrected chi connectivity index (χ4v) is 3.63. The number of nitro groups is 1. The zero-order valence-electron chi connectivity index (χ0n) is 18.4. The molecule has 0 aromatic heterocycles. The lowest BCUT2D eigenvalue weighted by atomic mass is 10.1. The fourth-order valence-electron chi connectivity index (χ4n) is 3.06. The lowest BCUT2D eigenvalue weighted by Crippen LogP contribution is -2.14. The molecule has 172 valence electrons. The van der Waals surface area contributed by atoms with E-state index in [-0.39, 0.29) is 16.9 Å². The standard InChI is InChI=1S/C25H20BrN3O5/c1-16-8-9-20(29(31)32)13-22(16)28-25(30)19(14-27)10-18-11-21(26)24(23(12-18)33-2)34-15-17-6-4-3-5-7-17/h3-13H,15H2,1-2H3,(H,28,30)/b19-10+. The van der Waals surface area contributed by atoms with Crippen LogP contribution in [-0.4, -0.2) is 17.9 Å². The van der Waals surface area contributed by atoms with Crippen LogP contribution in [0.5, 0.6) is 11.5 Å². The molecule has 0 atom stereocenters. The minimum Gasteiger partial charge on any atom is -0.493 e. The minimum absolute atomic E-state index is 0.164. The normalized spacial score (nSPS) is 10.8. The van der Waals surface area contributed by atoms with Crippen molar-refractivity contribution in [2.24, 2.45) is 0 Å². The quantitative estimate of drug-likeness (QED) is 0.173. The molecule has 9 heteroatoms. The van der Waals surface area contributed by atoms with Crippen molar-refractivity contribution in [2.45, 2.75) is 13.5 Å².